The fourth-order valence-electron chi connectivity index (χ4n) is 7.02. The van der Waals surface area contributed by atoms with Crippen molar-refractivity contribution in [3.63, 3.8) is 0 Å². The highest BCUT2D eigenvalue weighted by atomic mass is 32.1. The van der Waals surface area contributed by atoms with Gasteiger partial charge in [-0.25, -0.2) is 0 Å². The molecule has 0 N–H and O–H groups in total. The van der Waals surface area contributed by atoms with Crippen LogP contribution in [0.2, 0.25) is 36.3 Å². The monoisotopic (exact) mass is 664 g/mol. The summed E-state index contributed by atoms with van der Waals surface area (Å²) in [6, 6.07) is 22.0. The van der Waals surface area contributed by atoms with Crippen LogP contribution in [0.15, 0.2) is 36.4 Å². The molecule has 0 aliphatic rings. The van der Waals surface area contributed by atoms with Crippen LogP contribution in [0.4, 0.5) is 0 Å². The van der Waals surface area contributed by atoms with Crippen LogP contribution in [-0.2, 0) is 6.42 Å². The van der Waals surface area contributed by atoms with Gasteiger partial charge < -0.3 is 0 Å². The highest BCUT2D eigenvalue weighted by molar-refractivity contribution is 7.19. The van der Waals surface area contributed by atoms with E-state index < -0.39 is 16.1 Å². The van der Waals surface area contributed by atoms with Crippen molar-refractivity contribution >= 4 is 80.5 Å². The van der Waals surface area contributed by atoms with Gasteiger partial charge in [-0.05, 0) is 95.8 Å². The van der Waals surface area contributed by atoms with E-state index in [0.717, 1.165) is 0 Å². The number of aryl methyl sites for hydroxylation is 2. The Morgan fingerprint density at radius 2 is 1.18 bits per heavy atom. The Labute approximate surface area is 283 Å². The summed E-state index contributed by atoms with van der Waals surface area (Å²) in [5.41, 5.74) is 10.5. The van der Waals surface area contributed by atoms with Crippen LogP contribution >= 0.6 is 22.7 Å². The number of hydrogen-bond acceptors (Lipinski definition) is 2. The molecule has 3 aromatic carbocycles. The Kier molecular flexibility index (Phi) is 11.0. The molecule has 0 fully saturated rings. The molecule has 5 rings (SSSR count). The molecule has 45 heavy (non-hydrogen) atoms. The van der Waals surface area contributed by atoms with E-state index in [1.54, 1.807) is 0 Å². The summed E-state index contributed by atoms with van der Waals surface area (Å²) < 4.78 is 2.75. The first-order valence-corrected chi connectivity index (χ1v) is 24.6. The van der Waals surface area contributed by atoms with E-state index in [0.29, 0.717) is 0 Å². The highest BCUT2D eigenvalue weighted by Gasteiger charge is 2.25. The highest BCUT2D eigenvalue weighted by Crippen LogP contribution is 2.41. The van der Waals surface area contributed by atoms with E-state index in [1.807, 2.05) is 22.7 Å². The third-order valence-corrected chi connectivity index (χ3v) is 22.4. The molecular weight excluding hydrogens is 613 g/mol. The second kappa shape index (κ2) is 14.6. The topological polar surface area (TPSA) is 0 Å². The minimum absolute atomic E-state index is 1.18. The zero-order chi connectivity index (χ0) is 32.2. The van der Waals surface area contributed by atoms with Crippen LogP contribution in [-0.4, -0.2) is 16.1 Å². The first kappa shape index (κ1) is 34.0. The predicted molar refractivity (Wildman–Crippen MR) is 213 cm³/mol. The molecule has 0 unspecified atom stereocenters. The average Bonchev–Trinajstić information content (AvgIpc) is 3.64. The van der Waals surface area contributed by atoms with Crippen molar-refractivity contribution in [3.8, 4) is 22.9 Å². The van der Waals surface area contributed by atoms with E-state index >= 15 is 0 Å². The molecule has 0 saturated heterocycles. The van der Waals surface area contributed by atoms with E-state index in [2.05, 4.69) is 115 Å². The summed E-state index contributed by atoms with van der Waals surface area (Å²) in [6.45, 7) is 18.7. The van der Waals surface area contributed by atoms with Crippen LogP contribution in [0, 0.1) is 29.9 Å². The molecule has 0 aliphatic heterocycles. The third-order valence-electron chi connectivity index (χ3n) is 10.8. The smallest absolute Gasteiger partial charge is 0.138 e. The van der Waals surface area contributed by atoms with Crippen LogP contribution in [0.1, 0.15) is 95.0 Å². The quantitative estimate of drug-likeness (QED) is 0.0570. The summed E-state index contributed by atoms with van der Waals surface area (Å²) in [5.74, 6) is 7.86. The summed E-state index contributed by atoms with van der Waals surface area (Å²) in [4.78, 5) is 2.88. The second-order valence-corrected chi connectivity index (χ2v) is 25.5. The average molecular weight is 665 g/mol. The molecule has 0 atom stereocenters. The van der Waals surface area contributed by atoms with E-state index in [4.69, 9.17) is 0 Å². The second-order valence-electron chi connectivity index (χ2n) is 13.2. The van der Waals surface area contributed by atoms with Crippen LogP contribution in [0.25, 0.3) is 41.7 Å². The summed E-state index contributed by atoms with van der Waals surface area (Å²) >= 11 is 3.90. The molecule has 5 aromatic rings. The molecule has 0 aliphatic carbocycles. The molecule has 0 spiro atoms. The molecule has 0 saturated carbocycles. The Balaban J connectivity index is 1.89. The van der Waals surface area contributed by atoms with Crippen molar-refractivity contribution < 1.29 is 0 Å². The molecule has 4 heteroatoms. The largest absolute Gasteiger partial charge is 0.279 e. The molecule has 0 amide bonds. The van der Waals surface area contributed by atoms with Crippen molar-refractivity contribution in [2.75, 3.05) is 0 Å². The minimum atomic E-state index is -1.64. The zero-order valence-corrected chi connectivity index (χ0v) is 32.7. The predicted octanol–water partition coefficient (Wildman–Crippen LogP) is 13.7. The number of unbranched alkanes of at least 4 members (excludes halogenated alkanes) is 3. The molecular formula is C41H52S2Si2-. The molecule has 0 radical (unpaired) electrons. The van der Waals surface area contributed by atoms with E-state index in [1.165, 1.54) is 131 Å². The van der Waals surface area contributed by atoms with Gasteiger partial charge in [0.25, 0.3) is 0 Å². The van der Waals surface area contributed by atoms with Crippen molar-refractivity contribution in [1.29, 1.82) is 0 Å². The number of fused-ring (bicyclic) bond motifs is 4. The minimum Gasteiger partial charge on any atom is -0.279 e. The molecule has 237 valence electrons. The van der Waals surface area contributed by atoms with Gasteiger partial charge in [0.2, 0.25) is 0 Å². The molecule has 2 aromatic heterocycles. The normalized spacial score (nSPS) is 12.2. The van der Waals surface area contributed by atoms with Crippen molar-refractivity contribution in [2.24, 2.45) is 0 Å². The number of rotatable bonds is 11. The van der Waals surface area contributed by atoms with Gasteiger partial charge in [-0.3, -0.25) is 5.54 Å². The van der Waals surface area contributed by atoms with Crippen molar-refractivity contribution in [1.82, 2.24) is 0 Å². The maximum absolute atomic E-state index is 4.00. The SMILES string of the molecule is CCCCCCc1cc2cc3c(C#C[Si](CC)(CC)CC)c4cc5sc(C)cc5cc4c(C#C[Si-](CC)(CC)CC)c3cc2s1. The first-order chi connectivity index (χ1) is 21.8. The zero-order valence-electron chi connectivity index (χ0n) is 29.1. The number of thiophene rings is 2. The van der Waals surface area contributed by atoms with Crippen molar-refractivity contribution in [2.45, 2.75) is 124 Å². The number of benzene rings is 3. The van der Waals surface area contributed by atoms with Gasteiger partial charge in [-0.15, -0.1) is 52.3 Å². The van der Waals surface area contributed by atoms with Gasteiger partial charge in [0.1, 0.15) is 8.07 Å². The van der Waals surface area contributed by atoms with Gasteiger partial charge in [0.15, 0.2) is 0 Å². The molecule has 0 nitrogen and oxygen atoms in total. The van der Waals surface area contributed by atoms with Gasteiger partial charge in [0.05, 0.1) is 0 Å². The Morgan fingerprint density at radius 3 is 1.76 bits per heavy atom. The summed E-state index contributed by atoms with van der Waals surface area (Å²) in [7, 11) is -3.29. The van der Waals surface area contributed by atoms with Gasteiger partial charge >= 0.3 is 0 Å². The maximum atomic E-state index is 4.00. The van der Waals surface area contributed by atoms with Crippen molar-refractivity contribution in [3.05, 3.63) is 57.3 Å². The maximum Gasteiger partial charge on any atom is 0.138 e. The first-order valence-electron chi connectivity index (χ1n) is 17.7. The van der Waals surface area contributed by atoms with Crippen LogP contribution in [0.5, 0.6) is 0 Å². The summed E-state index contributed by atoms with van der Waals surface area (Å²) in [6.07, 6.45) is 6.40. The lowest BCUT2D eigenvalue weighted by Gasteiger charge is -2.33. The van der Waals surface area contributed by atoms with Gasteiger partial charge in [0, 0.05) is 41.1 Å². The fraction of sp³-hybridized carbons (Fsp3) is 0.463. The summed E-state index contributed by atoms with van der Waals surface area (Å²) in [5, 5.41) is 7.91. The van der Waals surface area contributed by atoms with E-state index in [9.17, 15) is 0 Å². The molecule has 2 heterocycles. The van der Waals surface area contributed by atoms with Crippen LogP contribution in [0.3, 0.4) is 0 Å². The molecule has 0 bridgehead atoms. The third kappa shape index (κ3) is 6.87. The Morgan fingerprint density at radius 1 is 0.622 bits per heavy atom. The lowest BCUT2D eigenvalue weighted by atomic mass is 9.91. The Hall–Kier alpha value is -2.35. The van der Waals surface area contributed by atoms with Crippen LogP contribution < -0.4 is 0 Å². The Bertz CT molecular complexity index is 1790. The standard InChI is InChI=1S/C41H52S2Si2/c1-9-16-17-18-19-33-25-32-27-37-35(21-23-45(13-5,14-6)15-7)38-28-40-31(24-30(8)42-40)26-36(38)34(39(37)29-41(32)43-33)20-22-44(10-2,11-3)12-4/h24-29H,9-19H2,1-8H3/q-1. The van der Waals surface area contributed by atoms with E-state index in [-0.39, 0.29) is 0 Å². The lowest BCUT2D eigenvalue weighted by molar-refractivity contribution is 0.670. The van der Waals surface area contributed by atoms with Gasteiger partial charge in [-0.1, -0.05) is 81.7 Å². The van der Waals surface area contributed by atoms with Gasteiger partial charge in [-0.2, -0.15) is 0 Å². The lowest BCUT2D eigenvalue weighted by Crippen LogP contribution is -2.29. The number of hydrogen-bond donors (Lipinski definition) is 0. The fourth-order valence-corrected chi connectivity index (χ4v) is 13.9.